The second-order valence-electron chi connectivity index (χ2n) is 3.44. The largest absolute Gasteiger partial charge is 0.376 e. The Bertz CT molecular complexity index is 424. The average molecular weight is 197 g/mol. The molecule has 1 aromatic heterocycles. The highest BCUT2D eigenvalue weighted by Gasteiger charge is 1.94. The van der Waals surface area contributed by atoms with Gasteiger partial charge in [0.05, 0.1) is 6.54 Å². The molecule has 1 aromatic carbocycles. The minimum Gasteiger partial charge on any atom is -0.376 e. The molecule has 0 spiro atoms. The van der Waals surface area contributed by atoms with E-state index in [9.17, 15) is 0 Å². The predicted octanol–water partition coefficient (Wildman–Crippen LogP) is 3.01. The molecule has 0 unspecified atom stereocenters. The summed E-state index contributed by atoms with van der Waals surface area (Å²) in [6.07, 6.45) is 3.59. The molecule has 0 aliphatic carbocycles. The number of hydrogen-bond donors (Lipinski definition) is 1. The molecular weight excluding hydrogens is 184 g/mol. The molecule has 2 nitrogen and oxygen atoms in total. The molecule has 2 aromatic rings. The lowest BCUT2D eigenvalue weighted by molar-refractivity contribution is 1.26. The maximum atomic E-state index is 4.04. The van der Waals surface area contributed by atoms with Crippen molar-refractivity contribution in [3.05, 3.63) is 66.5 Å². The van der Waals surface area contributed by atoms with Crippen molar-refractivity contribution < 1.29 is 0 Å². The van der Waals surface area contributed by atoms with Gasteiger partial charge in [0, 0.05) is 18.1 Å². The number of aromatic nitrogens is 1. The minimum atomic E-state index is 1.07. The van der Waals surface area contributed by atoms with E-state index in [0.717, 1.165) is 11.3 Å². The van der Waals surface area contributed by atoms with Gasteiger partial charge in [0.2, 0.25) is 0 Å². The van der Waals surface area contributed by atoms with Crippen LogP contribution >= 0.6 is 0 Å². The van der Waals surface area contributed by atoms with Gasteiger partial charge >= 0.3 is 0 Å². The van der Waals surface area contributed by atoms with Gasteiger partial charge in [0.25, 0.3) is 0 Å². The van der Waals surface area contributed by atoms with Crippen molar-refractivity contribution in [1.82, 2.24) is 4.98 Å². The fourth-order valence-electron chi connectivity index (χ4n) is 1.36. The maximum absolute atomic E-state index is 4.04. The van der Waals surface area contributed by atoms with Crippen LogP contribution in [-0.2, 0) is 0 Å². The molecular formula is C13H13N2. The van der Waals surface area contributed by atoms with Gasteiger partial charge in [-0.2, -0.15) is 0 Å². The lowest BCUT2D eigenvalue weighted by atomic mass is 10.2. The van der Waals surface area contributed by atoms with Crippen LogP contribution in [0.5, 0.6) is 0 Å². The van der Waals surface area contributed by atoms with Crippen LogP contribution in [0.2, 0.25) is 0 Å². The Labute approximate surface area is 90.0 Å². The van der Waals surface area contributed by atoms with Crippen molar-refractivity contribution >= 4 is 5.69 Å². The van der Waals surface area contributed by atoms with Crippen LogP contribution in [0, 0.1) is 13.5 Å². The lowest BCUT2D eigenvalue weighted by Gasteiger charge is -2.05. The molecule has 0 saturated heterocycles. The van der Waals surface area contributed by atoms with Crippen LogP contribution in [0.25, 0.3) is 0 Å². The summed E-state index contributed by atoms with van der Waals surface area (Å²) in [5.41, 5.74) is 3.41. The Hall–Kier alpha value is -1.83. The van der Waals surface area contributed by atoms with Crippen molar-refractivity contribution in [2.45, 2.75) is 6.92 Å². The molecule has 1 radical (unpaired) electrons. The van der Waals surface area contributed by atoms with E-state index in [2.05, 4.69) is 29.4 Å². The minimum absolute atomic E-state index is 1.07. The topological polar surface area (TPSA) is 24.9 Å². The molecule has 0 amide bonds. The Kier molecular flexibility index (Phi) is 2.98. The monoisotopic (exact) mass is 197 g/mol. The third kappa shape index (κ3) is 2.81. The van der Waals surface area contributed by atoms with E-state index >= 15 is 0 Å². The highest BCUT2D eigenvalue weighted by Crippen LogP contribution is 2.11. The summed E-state index contributed by atoms with van der Waals surface area (Å²) < 4.78 is 0. The molecule has 0 aliphatic heterocycles. The van der Waals surface area contributed by atoms with Gasteiger partial charge in [-0.05, 0) is 36.2 Å². The Morgan fingerprint density at radius 1 is 1.20 bits per heavy atom. The zero-order valence-electron chi connectivity index (χ0n) is 8.64. The number of nitrogens with one attached hydrogen (secondary N) is 1. The van der Waals surface area contributed by atoms with Gasteiger partial charge in [-0.15, -0.1) is 0 Å². The Morgan fingerprint density at radius 3 is 2.87 bits per heavy atom. The summed E-state index contributed by atoms with van der Waals surface area (Å²) in [6.45, 7) is 4.02. The number of rotatable bonds is 3. The zero-order valence-corrected chi connectivity index (χ0v) is 8.64. The molecule has 0 fully saturated rings. The summed E-state index contributed by atoms with van der Waals surface area (Å²) in [7, 11) is 0. The third-order valence-corrected chi connectivity index (χ3v) is 2.11. The first-order chi connectivity index (χ1) is 7.34. The summed E-state index contributed by atoms with van der Waals surface area (Å²) in [5.74, 6) is 0. The van der Waals surface area contributed by atoms with Gasteiger partial charge in [-0.25, -0.2) is 0 Å². The quantitative estimate of drug-likeness (QED) is 0.818. The standard InChI is InChI=1S/C13H13N2/c1-11-4-2-6-13(8-11)15-10-12-5-3-7-14-9-12/h2-10,15H,1H3. The SMILES string of the molecule is Cc1cccc(N[CH]c2cccnc2)c1. The number of aryl methyl sites for hydroxylation is 1. The van der Waals surface area contributed by atoms with Crippen molar-refractivity contribution in [2.75, 3.05) is 5.32 Å². The van der Waals surface area contributed by atoms with Crippen LogP contribution in [0.4, 0.5) is 5.69 Å². The molecule has 0 atom stereocenters. The predicted molar refractivity (Wildman–Crippen MR) is 62.4 cm³/mol. The molecule has 75 valence electrons. The van der Waals surface area contributed by atoms with Gasteiger partial charge in [-0.3, -0.25) is 4.98 Å². The Morgan fingerprint density at radius 2 is 2.13 bits per heavy atom. The molecule has 0 saturated carbocycles. The van der Waals surface area contributed by atoms with Gasteiger partial charge < -0.3 is 5.32 Å². The Balaban J connectivity index is 1.99. The normalized spacial score (nSPS) is 9.93. The highest BCUT2D eigenvalue weighted by molar-refractivity contribution is 5.48. The molecule has 1 N–H and O–H groups in total. The van der Waals surface area contributed by atoms with Crippen LogP contribution in [0.3, 0.4) is 0 Å². The van der Waals surface area contributed by atoms with E-state index in [4.69, 9.17) is 0 Å². The number of hydrogen-bond acceptors (Lipinski definition) is 2. The molecule has 2 rings (SSSR count). The fraction of sp³-hybridized carbons (Fsp3) is 0.0769. The summed E-state index contributed by atoms with van der Waals surface area (Å²) >= 11 is 0. The molecule has 0 bridgehead atoms. The van der Waals surface area contributed by atoms with E-state index in [1.54, 1.807) is 6.20 Å². The highest BCUT2D eigenvalue weighted by atomic mass is 14.9. The van der Waals surface area contributed by atoms with Crippen LogP contribution in [-0.4, -0.2) is 4.98 Å². The van der Waals surface area contributed by atoms with Gasteiger partial charge in [0.15, 0.2) is 0 Å². The summed E-state index contributed by atoms with van der Waals surface area (Å²) in [4.78, 5) is 4.04. The van der Waals surface area contributed by atoms with Crippen LogP contribution in [0.15, 0.2) is 48.8 Å². The van der Waals surface area contributed by atoms with E-state index in [1.165, 1.54) is 5.56 Å². The summed E-state index contributed by atoms with van der Waals surface area (Å²) in [5, 5.41) is 3.24. The number of pyridine rings is 1. The van der Waals surface area contributed by atoms with E-state index < -0.39 is 0 Å². The molecule has 15 heavy (non-hydrogen) atoms. The first-order valence-electron chi connectivity index (χ1n) is 4.91. The van der Waals surface area contributed by atoms with Crippen molar-refractivity contribution in [3.8, 4) is 0 Å². The van der Waals surface area contributed by atoms with Crippen molar-refractivity contribution in [1.29, 1.82) is 0 Å². The van der Waals surface area contributed by atoms with Gasteiger partial charge in [-0.1, -0.05) is 18.2 Å². The molecule has 1 heterocycles. The van der Waals surface area contributed by atoms with Gasteiger partial charge in [0.1, 0.15) is 0 Å². The molecule has 0 aliphatic rings. The first-order valence-corrected chi connectivity index (χ1v) is 4.91. The van der Waals surface area contributed by atoms with Crippen molar-refractivity contribution in [2.24, 2.45) is 0 Å². The third-order valence-electron chi connectivity index (χ3n) is 2.11. The van der Waals surface area contributed by atoms with Crippen LogP contribution < -0.4 is 5.32 Å². The smallest absolute Gasteiger partial charge is 0.0772 e. The number of nitrogens with zero attached hydrogens (tertiary/aromatic N) is 1. The first kappa shape index (κ1) is 9.71. The average Bonchev–Trinajstić information content (AvgIpc) is 2.28. The van der Waals surface area contributed by atoms with E-state index in [0.29, 0.717) is 0 Å². The maximum Gasteiger partial charge on any atom is 0.0772 e. The fourth-order valence-corrected chi connectivity index (χ4v) is 1.36. The second kappa shape index (κ2) is 4.60. The lowest BCUT2D eigenvalue weighted by Crippen LogP contribution is -1.96. The van der Waals surface area contributed by atoms with Crippen LogP contribution in [0.1, 0.15) is 11.1 Å². The molecule has 2 heteroatoms. The summed E-state index contributed by atoms with van der Waals surface area (Å²) in [6, 6.07) is 12.2. The number of anilines is 1. The zero-order chi connectivity index (χ0) is 10.5. The van der Waals surface area contributed by atoms with E-state index in [-0.39, 0.29) is 0 Å². The van der Waals surface area contributed by atoms with Crippen molar-refractivity contribution in [3.63, 3.8) is 0 Å². The number of benzene rings is 1. The van der Waals surface area contributed by atoms with E-state index in [1.807, 2.05) is 37.0 Å². The second-order valence-corrected chi connectivity index (χ2v) is 3.44.